The molecule has 0 saturated heterocycles. The van der Waals surface area contributed by atoms with Crippen LogP contribution < -0.4 is 10.1 Å². The van der Waals surface area contributed by atoms with Gasteiger partial charge in [0, 0.05) is 18.3 Å². The van der Waals surface area contributed by atoms with Crippen molar-refractivity contribution in [3.05, 3.63) is 23.9 Å². The lowest BCUT2D eigenvalue weighted by Gasteiger charge is -2.14. The van der Waals surface area contributed by atoms with Crippen molar-refractivity contribution in [2.24, 2.45) is 0 Å². The van der Waals surface area contributed by atoms with E-state index in [1.165, 1.54) is 0 Å². The molecule has 0 radical (unpaired) electrons. The van der Waals surface area contributed by atoms with Crippen LogP contribution in [0.25, 0.3) is 0 Å². The molecule has 0 bridgehead atoms. The van der Waals surface area contributed by atoms with Crippen molar-refractivity contribution in [2.45, 2.75) is 39.5 Å². The predicted octanol–water partition coefficient (Wildman–Crippen LogP) is 1.43. The zero-order valence-corrected chi connectivity index (χ0v) is 10.3. The summed E-state index contributed by atoms with van der Waals surface area (Å²) in [5, 5.41) is 11.7. The number of nitrogens with zero attached hydrogens (tertiary/aromatic N) is 1. The van der Waals surface area contributed by atoms with Crippen molar-refractivity contribution in [2.75, 3.05) is 0 Å². The topological polar surface area (TPSA) is 71.5 Å². The van der Waals surface area contributed by atoms with E-state index in [0.29, 0.717) is 12.4 Å². The maximum Gasteiger partial charge on any atom is 0.320 e. The van der Waals surface area contributed by atoms with Gasteiger partial charge in [-0.25, -0.2) is 4.98 Å². The molecule has 1 aromatic heterocycles. The van der Waals surface area contributed by atoms with Crippen LogP contribution in [-0.4, -0.2) is 28.2 Å². The highest BCUT2D eigenvalue weighted by Gasteiger charge is 2.12. The Hall–Kier alpha value is -1.62. The number of nitrogens with one attached hydrogen (secondary N) is 1. The Bertz CT molecular complexity index is 380. The fourth-order valence-electron chi connectivity index (χ4n) is 1.24. The minimum atomic E-state index is -0.875. The predicted molar refractivity (Wildman–Crippen MR) is 63.9 cm³/mol. The molecule has 0 saturated carbocycles. The number of pyridine rings is 1. The quantitative estimate of drug-likeness (QED) is 0.784. The molecule has 1 unspecified atom stereocenters. The van der Waals surface area contributed by atoms with Crippen LogP contribution in [0.2, 0.25) is 0 Å². The average molecular weight is 238 g/mol. The molecule has 0 spiro atoms. The number of ether oxygens (including phenoxy) is 1. The highest BCUT2D eigenvalue weighted by Crippen LogP contribution is 2.15. The zero-order valence-electron chi connectivity index (χ0n) is 10.3. The van der Waals surface area contributed by atoms with Crippen molar-refractivity contribution in [3.63, 3.8) is 0 Å². The molecule has 1 rings (SSSR count). The number of aromatic nitrogens is 1. The molecule has 0 aliphatic heterocycles. The van der Waals surface area contributed by atoms with E-state index >= 15 is 0 Å². The molecule has 0 amide bonds. The van der Waals surface area contributed by atoms with E-state index in [9.17, 15) is 4.79 Å². The van der Waals surface area contributed by atoms with E-state index in [0.717, 1.165) is 5.56 Å². The van der Waals surface area contributed by atoms with Gasteiger partial charge in [0.2, 0.25) is 5.88 Å². The summed E-state index contributed by atoms with van der Waals surface area (Å²) in [6, 6.07) is 3.07. The number of carbonyl (C=O) groups is 1. The van der Waals surface area contributed by atoms with E-state index in [1.807, 2.05) is 19.9 Å². The van der Waals surface area contributed by atoms with Gasteiger partial charge in [-0.05, 0) is 26.8 Å². The highest BCUT2D eigenvalue weighted by molar-refractivity contribution is 5.72. The second kappa shape index (κ2) is 6.20. The summed E-state index contributed by atoms with van der Waals surface area (Å²) < 4.78 is 5.54. The third-order valence-electron chi connectivity index (χ3n) is 2.17. The number of carboxylic acid groups (broad SMARTS) is 1. The highest BCUT2D eigenvalue weighted by atomic mass is 16.5. The molecule has 94 valence electrons. The number of rotatable bonds is 6. The minimum Gasteiger partial charge on any atom is -0.480 e. The summed E-state index contributed by atoms with van der Waals surface area (Å²) >= 11 is 0. The molecular weight excluding hydrogens is 220 g/mol. The van der Waals surface area contributed by atoms with E-state index in [1.54, 1.807) is 19.2 Å². The third kappa shape index (κ3) is 4.40. The first-order valence-electron chi connectivity index (χ1n) is 5.57. The fraction of sp³-hybridized carbons (Fsp3) is 0.500. The molecule has 5 nitrogen and oxygen atoms in total. The number of hydrogen-bond acceptors (Lipinski definition) is 4. The minimum absolute atomic E-state index is 0.0422. The first-order chi connectivity index (χ1) is 8.00. The van der Waals surface area contributed by atoms with Gasteiger partial charge >= 0.3 is 5.97 Å². The Morgan fingerprint density at radius 1 is 1.53 bits per heavy atom. The summed E-state index contributed by atoms with van der Waals surface area (Å²) in [6.45, 7) is 5.86. The van der Waals surface area contributed by atoms with E-state index in [-0.39, 0.29) is 6.10 Å². The molecule has 0 fully saturated rings. The number of carboxylic acids is 1. The van der Waals surface area contributed by atoms with Gasteiger partial charge in [-0.2, -0.15) is 0 Å². The molecule has 1 atom stereocenters. The normalized spacial score (nSPS) is 12.5. The SMILES string of the molecule is CC(C)Oc1ncccc1CNC(C)C(=O)O. The summed E-state index contributed by atoms with van der Waals surface area (Å²) in [7, 11) is 0. The summed E-state index contributed by atoms with van der Waals surface area (Å²) in [5.74, 6) is -0.326. The first-order valence-corrected chi connectivity index (χ1v) is 5.57. The summed E-state index contributed by atoms with van der Waals surface area (Å²) in [4.78, 5) is 14.8. The maximum atomic E-state index is 10.7. The molecule has 1 aromatic rings. The van der Waals surface area contributed by atoms with E-state index in [2.05, 4.69) is 10.3 Å². The second-order valence-corrected chi connectivity index (χ2v) is 4.08. The van der Waals surface area contributed by atoms with Crippen LogP contribution in [0.4, 0.5) is 0 Å². The Balaban J connectivity index is 2.66. The van der Waals surface area contributed by atoms with Crippen LogP contribution in [0, 0.1) is 0 Å². The fourth-order valence-corrected chi connectivity index (χ4v) is 1.24. The summed E-state index contributed by atoms with van der Waals surface area (Å²) in [6.07, 6.45) is 1.70. The molecule has 5 heteroatoms. The van der Waals surface area contributed by atoms with Gasteiger partial charge in [0.25, 0.3) is 0 Å². The molecule has 0 aliphatic rings. The molecule has 1 heterocycles. The van der Waals surface area contributed by atoms with Gasteiger partial charge in [-0.1, -0.05) is 6.07 Å². The Morgan fingerprint density at radius 2 is 2.24 bits per heavy atom. The van der Waals surface area contributed by atoms with Crippen LogP contribution in [0.1, 0.15) is 26.3 Å². The molecule has 0 aliphatic carbocycles. The van der Waals surface area contributed by atoms with Crippen molar-refractivity contribution >= 4 is 5.97 Å². The monoisotopic (exact) mass is 238 g/mol. The Labute approximate surface area is 101 Å². The lowest BCUT2D eigenvalue weighted by Crippen LogP contribution is -2.33. The second-order valence-electron chi connectivity index (χ2n) is 4.08. The van der Waals surface area contributed by atoms with Gasteiger partial charge in [0.15, 0.2) is 0 Å². The first kappa shape index (κ1) is 13.4. The Kier molecular flexibility index (Phi) is 4.90. The van der Waals surface area contributed by atoms with Crippen LogP contribution in [0.15, 0.2) is 18.3 Å². The number of aliphatic carboxylic acids is 1. The maximum absolute atomic E-state index is 10.7. The molecule has 17 heavy (non-hydrogen) atoms. The zero-order chi connectivity index (χ0) is 12.8. The summed E-state index contributed by atoms with van der Waals surface area (Å²) in [5.41, 5.74) is 0.856. The van der Waals surface area contributed by atoms with Crippen molar-refractivity contribution < 1.29 is 14.6 Å². The molecule has 2 N–H and O–H groups in total. The van der Waals surface area contributed by atoms with Gasteiger partial charge < -0.3 is 15.2 Å². The lowest BCUT2D eigenvalue weighted by atomic mass is 10.2. The van der Waals surface area contributed by atoms with Gasteiger partial charge in [-0.15, -0.1) is 0 Å². The van der Waals surface area contributed by atoms with Crippen LogP contribution in [0.5, 0.6) is 5.88 Å². The van der Waals surface area contributed by atoms with E-state index in [4.69, 9.17) is 9.84 Å². The van der Waals surface area contributed by atoms with Gasteiger partial charge in [0.05, 0.1) is 6.10 Å². The molecule has 0 aromatic carbocycles. The van der Waals surface area contributed by atoms with Gasteiger partial charge in [-0.3, -0.25) is 4.79 Å². The van der Waals surface area contributed by atoms with Crippen molar-refractivity contribution in [1.82, 2.24) is 10.3 Å². The van der Waals surface area contributed by atoms with Crippen LogP contribution >= 0.6 is 0 Å². The standard InChI is InChI=1S/C12H18N2O3/c1-8(2)17-11-10(5-4-6-13-11)7-14-9(3)12(15)16/h4-6,8-9,14H,7H2,1-3H3,(H,15,16). The van der Waals surface area contributed by atoms with Crippen LogP contribution in [-0.2, 0) is 11.3 Å². The Morgan fingerprint density at radius 3 is 2.82 bits per heavy atom. The largest absolute Gasteiger partial charge is 0.480 e. The lowest BCUT2D eigenvalue weighted by molar-refractivity contribution is -0.139. The van der Waals surface area contributed by atoms with Crippen molar-refractivity contribution in [3.8, 4) is 5.88 Å². The van der Waals surface area contributed by atoms with E-state index < -0.39 is 12.0 Å². The van der Waals surface area contributed by atoms with Crippen LogP contribution in [0.3, 0.4) is 0 Å². The van der Waals surface area contributed by atoms with Crippen molar-refractivity contribution in [1.29, 1.82) is 0 Å². The third-order valence-corrected chi connectivity index (χ3v) is 2.17. The van der Waals surface area contributed by atoms with Gasteiger partial charge in [0.1, 0.15) is 6.04 Å². The smallest absolute Gasteiger partial charge is 0.320 e. The average Bonchev–Trinajstić information content (AvgIpc) is 2.26. The molecular formula is C12H18N2O3. The number of hydrogen-bond donors (Lipinski definition) is 2.